The number of hydrogen-bond acceptors (Lipinski definition) is 4. The molecule has 0 bridgehead atoms. The third-order valence-corrected chi connectivity index (χ3v) is 3.41. The van der Waals surface area contributed by atoms with E-state index < -0.39 is 0 Å². The van der Waals surface area contributed by atoms with Crippen molar-refractivity contribution in [3.05, 3.63) is 16.1 Å². The number of aryl methyl sites for hydroxylation is 1. The highest BCUT2D eigenvalue weighted by Crippen LogP contribution is 2.09. The van der Waals surface area contributed by atoms with Gasteiger partial charge in [-0.15, -0.1) is 35.3 Å². The Morgan fingerprint density at radius 2 is 2.30 bits per heavy atom. The van der Waals surface area contributed by atoms with Gasteiger partial charge in [0.25, 0.3) is 0 Å². The largest absolute Gasteiger partial charge is 0.382 e. The number of hydrogen-bond donors (Lipinski definition) is 1. The van der Waals surface area contributed by atoms with E-state index in [2.05, 4.69) is 25.6 Å². The fourth-order valence-corrected chi connectivity index (χ4v) is 2.31. The average Bonchev–Trinajstić information content (AvgIpc) is 2.79. The number of thiazole rings is 1. The molecule has 0 saturated heterocycles. The van der Waals surface area contributed by atoms with E-state index in [1.54, 1.807) is 18.4 Å². The summed E-state index contributed by atoms with van der Waals surface area (Å²) in [5.74, 6) is 0.891. The van der Waals surface area contributed by atoms with Gasteiger partial charge < -0.3 is 15.0 Å². The fourth-order valence-electron chi connectivity index (χ4n) is 1.70. The molecule has 1 N–H and O–H groups in total. The lowest BCUT2D eigenvalue weighted by molar-refractivity contribution is 0.145. The second-order valence-corrected chi connectivity index (χ2v) is 5.30. The van der Waals surface area contributed by atoms with Gasteiger partial charge >= 0.3 is 0 Å². The summed E-state index contributed by atoms with van der Waals surface area (Å²) in [6.45, 7) is 7.24. The maximum absolute atomic E-state index is 5.31. The summed E-state index contributed by atoms with van der Waals surface area (Å²) in [5.41, 5.74) is 1.09. The Bertz CT molecular complexity index is 397. The van der Waals surface area contributed by atoms with Crippen molar-refractivity contribution in [2.75, 3.05) is 33.9 Å². The minimum absolute atomic E-state index is 0. The van der Waals surface area contributed by atoms with Crippen LogP contribution in [-0.4, -0.2) is 49.7 Å². The summed E-state index contributed by atoms with van der Waals surface area (Å²) < 4.78 is 5.31. The normalized spacial score (nSPS) is 11.1. The van der Waals surface area contributed by atoms with E-state index in [1.807, 2.05) is 20.9 Å². The smallest absolute Gasteiger partial charge is 0.193 e. The Hall–Kier alpha value is -0.410. The van der Waals surface area contributed by atoms with Gasteiger partial charge in [-0.25, -0.2) is 4.98 Å². The Kier molecular flexibility index (Phi) is 11.0. The molecule has 1 heterocycles. The number of rotatable bonds is 7. The van der Waals surface area contributed by atoms with Crippen LogP contribution in [0.1, 0.15) is 24.0 Å². The number of aromatic nitrogens is 1. The molecule has 0 fully saturated rings. The van der Waals surface area contributed by atoms with Gasteiger partial charge in [-0.3, -0.25) is 4.99 Å². The summed E-state index contributed by atoms with van der Waals surface area (Å²) in [4.78, 5) is 10.8. The van der Waals surface area contributed by atoms with E-state index >= 15 is 0 Å². The molecule has 0 unspecified atom stereocenters. The van der Waals surface area contributed by atoms with Crippen molar-refractivity contribution >= 4 is 41.3 Å². The van der Waals surface area contributed by atoms with E-state index in [1.165, 1.54) is 0 Å². The number of nitrogens with zero attached hydrogens (tertiary/aromatic N) is 3. The Balaban J connectivity index is 0.00000361. The molecule has 1 aromatic heterocycles. The molecule has 0 aromatic carbocycles. The van der Waals surface area contributed by atoms with Gasteiger partial charge in [0.05, 0.1) is 17.2 Å². The lowest BCUT2D eigenvalue weighted by atomic mass is 10.4. The number of ether oxygens (including phenoxy) is 1. The molecule has 0 saturated carbocycles. The summed E-state index contributed by atoms with van der Waals surface area (Å²) in [5, 5.41) is 6.52. The standard InChI is InChI=1S/C13H24N4OS.HI/c1-5-18-8-6-7-15-13(14-3)17(4)9-12-10-19-11(2)16-12;/h10H,5-9H2,1-4H3,(H,14,15);1H. The lowest BCUT2D eigenvalue weighted by Crippen LogP contribution is -2.39. The second kappa shape index (κ2) is 11.3. The minimum atomic E-state index is 0. The summed E-state index contributed by atoms with van der Waals surface area (Å²) in [7, 11) is 3.82. The molecule has 0 atom stereocenters. The first-order valence-corrected chi connectivity index (χ1v) is 7.45. The molecule has 0 aliphatic heterocycles. The van der Waals surface area contributed by atoms with Gasteiger partial charge in [0.1, 0.15) is 0 Å². The molecule has 0 aliphatic carbocycles. The van der Waals surface area contributed by atoms with Gasteiger partial charge in [-0.1, -0.05) is 0 Å². The van der Waals surface area contributed by atoms with Crippen molar-refractivity contribution in [2.24, 2.45) is 4.99 Å². The minimum Gasteiger partial charge on any atom is -0.382 e. The van der Waals surface area contributed by atoms with E-state index in [-0.39, 0.29) is 24.0 Å². The summed E-state index contributed by atoms with van der Waals surface area (Å²) in [6, 6.07) is 0. The number of guanidine groups is 1. The van der Waals surface area contributed by atoms with Crippen molar-refractivity contribution in [1.29, 1.82) is 0 Å². The van der Waals surface area contributed by atoms with Gasteiger partial charge in [0, 0.05) is 39.2 Å². The Morgan fingerprint density at radius 1 is 1.55 bits per heavy atom. The highest BCUT2D eigenvalue weighted by atomic mass is 127. The molecule has 5 nitrogen and oxygen atoms in total. The van der Waals surface area contributed by atoms with Crippen molar-refractivity contribution < 1.29 is 4.74 Å². The highest BCUT2D eigenvalue weighted by molar-refractivity contribution is 14.0. The summed E-state index contributed by atoms with van der Waals surface area (Å²) in [6.07, 6.45) is 0.983. The molecular weight excluding hydrogens is 387 g/mol. The molecule has 0 spiro atoms. The van der Waals surface area contributed by atoms with E-state index in [4.69, 9.17) is 4.74 Å². The second-order valence-electron chi connectivity index (χ2n) is 4.24. The fraction of sp³-hybridized carbons (Fsp3) is 0.692. The predicted octanol–water partition coefficient (Wildman–Crippen LogP) is 2.50. The van der Waals surface area contributed by atoms with Gasteiger partial charge in [0.15, 0.2) is 5.96 Å². The molecule has 20 heavy (non-hydrogen) atoms. The van der Waals surface area contributed by atoms with Crippen LogP contribution in [0.5, 0.6) is 0 Å². The van der Waals surface area contributed by atoms with Crippen LogP contribution in [0, 0.1) is 6.92 Å². The Morgan fingerprint density at radius 3 is 2.85 bits per heavy atom. The number of aliphatic imine (C=N–C) groups is 1. The Labute approximate surface area is 142 Å². The number of halogens is 1. The van der Waals surface area contributed by atoms with Crippen LogP contribution in [-0.2, 0) is 11.3 Å². The molecule has 0 aliphatic rings. The van der Waals surface area contributed by atoms with Crippen LogP contribution in [0.3, 0.4) is 0 Å². The molecule has 0 amide bonds. The summed E-state index contributed by atoms with van der Waals surface area (Å²) >= 11 is 1.68. The zero-order valence-electron chi connectivity index (χ0n) is 12.7. The van der Waals surface area contributed by atoms with Crippen molar-refractivity contribution in [2.45, 2.75) is 26.8 Å². The molecule has 1 aromatic rings. The van der Waals surface area contributed by atoms with E-state index in [9.17, 15) is 0 Å². The predicted molar refractivity (Wildman–Crippen MR) is 96.2 cm³/mol. The molecule has 1 rings (SSSR count). The highest BCUT2D eigenvalue weighted by Gasteiger charge is 2.07. The SMILES string of the molecule is CCOCCCNC(=NC)N(C)Cc1csc(C)n1.I. The topological polar surface area (TPSA) is 49.8 Å². The van der Waals surface area contributed by atoms with Gasteiger partial charge in [-0.05, 0) is 20.3 Å². The first-order valence-electron chi connectivity index (χ1n) is 6.58. The molecule has 0 radical (unpaired) electrons. The third kappa shape index (κ3) is 7.39. The van der Waals surface area contributed by atoms with Crippen LogP contribution in [0.15, 0.2) is 10.4 Å². The van der Waals surface area contributed by atoms with Gasteiger partial charge in [0.2, 0.25) is 0 Å². The molecular formula is C13H25IN4OS. The zero-order chi connectivity index (χ0) is 14.1. The van der Waals surface area contributed by atoms with Crippen LogP contribution in [0.2, 0.25) is 0 Å². The van der Waals surface area contributed by atoms with Crippen LogP contribution in [0.25, 0.3) is 0 Å². The number of nitrogens with one attached hydrogen (secondary N) is 1. The van der Waals surface area contributed by atoms with Crippen LogP contribution < -0.4 is 5.32 Å². The zero-order valence-corrected chi connectivity index (χ0v) is 15.8. The monoisotopic (exact) mass is 412 g/mol. The molecule has 7 heteroatoms. The van der Waals surface area contributed by atoms with Gasteiger partial charge in [-0.2, -0.15) is 0 Å². The van der Waals surface area contributed by atoms with E-state index in [0.29, 0.717) is 0 Å². The maximum Gasteiger partial charge on any atom is 0.193 e. The van der Waals surface area contributed by atoms with E-state index in [0.717, 1.165) is 49.4 Å². The average molecular weight is 412 g/mol. The van der Waals surface area contributed by atoms with Crippen molar-refractivity contribution in [3.63, 3.8) is 0 Å². The van der Waals surface area contributed by atoms with Crippen molar-refractivity contribution in [1.82, 2.24) is 15.2 Å². The first-order chi connectivity index (χ1) is 9.17. The van der Waals surface area contributed by atoms with Crippen LogP contribution in [0.4, 0.5) is 0 Å². The first kappa shape index (κ1) is 19.6. The maximum atomic E-state index is 5.31. The lowest BCUT2D eigenvalue weighted by Gasteiger charge is -2.21. The van der Waals surface area contributed by atoms with Crippen LogP contribution >= 0.6 is 35.3 Å². The quantitative estimate of drug-likeness (QED) is 0.324. The van der Waals surface area contributed by atoms with Crippen molar-refractivity contribution in [3.8, 4) is 0 Å². The molecule has 116 valence electrons. The third-order valence-electron chi connectivity index (χ3n) is 2.59.